The second kappa shape index (κ2) is 8.60. The number of carbonyl (C=O) groups excluding carboxylic acids is 1. The number of fused-ring (bicyclic) bond motifs is 1. The molecule has 164 valence electrons. The molecule has 0 saturated carbocycles. The molecule has 1 aromatic carbocycles. The van der Waals surface area contributed by atoms with Crippen LogP contribution in [0.4, 0.5) is 11.5 Å². The van der Waals surface area contributed by atoms with E-state index in [1.54, 1.807) is 12.1 Å². The summed E-state index contributed by atoms with van der Waals surface area (Å²) in [5.74, 6) is -0.898. The number of hydrogen-bond acceptors (Lipinski definition) is 7. The number of nitro groups is 1. The number of sulfonamides is 1. The molecule has 2 aliphatic heterocycles. The van der Waals surface area contributed by atoms with Crippen LogP contribution in [0.15, 0.2) is 41.4 Å². The molecule has 3 heterocycles. The van der Waals surface area contributed by atoms with Crippen molar-refractivity contribution in [2.45, 2.75) is 30.6 Å². The van der Waals surface area contributed by atoms with Crippen LogP contribution in [-0.2, 0) is 21.2 Å². The van der Waals surface area contributed by atoms with Crippen LogP contribution in [0.25, 0.3) is 0 Å². The lowest BCUT2D eigenvalue weighted by Gasteiger charge is -2.30. The van der Waals surface area contributed by atoms with Gasteiger partial charge in [-0.1, -0.05) is 0 Å². The fourth-order valence-corrected chi connectivity index (χ4v) is 5.49. The number of rotatable bonds is 6. The van der Waals surface area contributed by atoms with Gasteiger partial charge >= 0.3 is 5.82 Å². The van der Waals surface area contributed by atoms with Gasteiger partial charge in [-0.3, -0.25) is 4.79 Å². The van der Waals surface area contributed by atoms with E-state index in [2.05, 4.69) is 4.98 Å². The highest BCUT2D eigenvalue weighted by atomic mass is 32.2. The molecule has 1 amide bonds. The van der Waals surface area contributed by atoms with E-state index in [1.807, 2.05) is 0 Å². The van der Waals surface area contributed by atoms with Crippen molar-refractivity contribution in [1.82, 2.24) is 9.29 Å². The smallest absolute Gasteiger partial charge is 0.406 e. The molecule has 0 unspecified atom stereocenters. The maximum Gasteiger partial charge on any atom is 0.406 e. The topological polar surface area (TPSA) is 123 Å². The van der Waals surface area contributed by atoms with E-state index < -0.39 is 20.8 Å². The standard InChI is InChI=1S/C20H22N4O6S/c25-19(14-30-18-6-3-9-21-20(18)24(26)27)23-12-4-5-15-13-16(7-8-17(15)23)31(28,29)22-10-1-2-11-22/h3,6-9,13H,1-2,4-5,10-12,14H2. The minimum absolute atomic E-state index is 0.0786. The second-order valence-corrected chi connectivity index (χ2v) is 9.36. The van der Waals surface area contributed by atoms with Gasteiger partial charge in [0.2, 0.25) is 15.8 Å². The van der Waals surface area contributed by atoms with Crippen LogP contribution in [-0.4, -0.2) is 54.8 Å². The maximum absolute atomic E-state index is 12.8. The molecule has 0 bridgehead atoms. The summed E-state index contributed by atoms with van der Waals surface area (Å²) in [6, 6.07) is 7.71. The molecule has 10 nitrogen and oxygen atoms in total. The van der Waals surface area contributed by atoms with Gasteiger partial charge in [-0.2, -0.15) is 4.31 Å². The first-order valence-electron chi connectivity index (χ1n) is 10.0. The SMILES string of the molecule is O=C(COc1cccnc1[N+](=O)[O-])N1CCCc2cc(S(=O)(=O)N3CCCC3)ccc21. The molecular formula is C20H22N4O6S. The molecule has 4 rings (SSSR count). The van der Waals surface area contributed by atoms with Gasteiger partial charge in [0, 0.05) is 25.3 Å². The highest BCUT2D eigenvalue weighted by Gasteiger charge is 2.30. The number of aryl methyl sites for hydroxylation is 1. The lowest BCUT2D eigenvalue weighted by molar-refractivity contribution is -0.390. The zero-order chi connectivity index (χ0) is 22.0. The van der Waals surface area contributed by atoms with E-state index in [4.69, 9.17) is 4.74 Å². The molecule has 0 aliphatic carbocycles. The van der Waals surface area contributed by atoms with Crippen LogP contribution < -0.4 is 9.64 Å². The first kappa shape index (κ1) is 21.2. The van der Waals surface area contributed by atoms with Crippen molar-refractivity contribution in [2.24, 2.45) is 0 Å². The van der Waals surface area contributed by atoms with Gasteiger partial charge in [-0.25, -0.2) is 8.42 Å². The first-order valence-corrected chi connectivity index (χ1v) is 11.5. The third-order valence-corrected chi connectivity index (χ3v) is 7.34. The lowest BCUT2D eigenvalue weighted by atomic mass is 10.0. The molecule has 1 aromatic heterocycles. The van der Waals surface area contributed by atoms with Crippen LogP contribution in [0.3, 0.4) is 0 Å². The number of ether oxygens (including phenoxy) is 1. The van der Waals surface area contributed by atoms with Crippen LogP contribution in [0.5, 0.6) is 5.75 Å². The monoisotopic (exact) mass is 446 g/mol. The normalized spacial score (nSPS) is 16.7. The Kier molecular flexibility index (Phi) is 5.88. The van der Waals surface area contributed by atoms with Crippen molar-refractivity contribution in [3.8, 4) is 5.75 Å². The third-order valence-electron chi connectivity index (χ3n) is 5.45. The molecular weight excluding hydrogens is 424 g/mol. The largest absolute Gasteiger partial charge is 0.476 e. The zero-order valence-electron chi connectivity index (χ0n) is 16.8. The van der Waals surface area contributed by atoms with E-state index in [0.29, 0.717) is 38.2 Å². The van der Waals surface area contributed by atoms with Crippen molar-refractivity contribution >= 4 is 27.4 Å². The number of nitrogens with zero attached hydrogens (tertiary/aromatic N) is 4. The summed E-state index contributed by atoms with van der Waals surface area (Å²) in [5.41, 5.74) is 1.42. The van der Waals surface area contributed by atoms with Crippen molar-refractivity contribution in [3.05, 3.63) is 52.2 Å². The summed E-state index contributed by atoms with van der Waals surface area (Å²) >= 11 is 0. The predicted octanol–water partition coefficient (Wildman–Crippen LogP) is 2.13. The van der Waals surface area contributed by atoms with Gasteiger partial charge in [0.15, 0.2) is 6.61 Å². The minimum Gasteiger partial charge on any atom is -0.476 e. The Morgan fingerprint density at radius 1 is 1.16 bits per heavy atom. The highest BCUT2D eigenvalue weighted by molar-refractivity contribution is 7.89. The minimum atomic E-state index is -3.53. The lowest BCUT2D eigenvalue weighted by Crippen LogP contribution is -2.39. The number of amides is 1. The van der Waals surface area contributed by atoms with Crippen molar-refractivity contribution < 1.29 is 22.9 Å². The molecule has 2 aromatic rings. The highest BCUT2D eigenvalue weighted by Crippen LogP contribution is 2.31. The summed E-state index contributed by atoms with van der Waals surface area (Å²) in [5, 5.41) is 11.1. The van der Waals surface area contributed by atoms with E-state index in [0.717, 1.165) is 18.4 Å². The Morgan fingerprint density at radius 3 is 2.68 bits per heavy atom. The maximum atomic E-state index is 12.8. The Hall–Kier alpha value is -3.05. The fourth-order valence-electron chi connectivity index (χ4n) is 3.92. The predicted molar refractivity (Wildman–Crippen MR) is 111 cm³/mol. The Bertz CT molecular complexity index is 1110. The average molecular weight is 446 g/mol. The van der Waals surface area contributed by atoms with Gasteiger partial charge < -0.3 is 19.8 Å². The fraction of sp³-hybridized carbons (Fsp3) is 0.400. The van der Waals surface area contributed by atoms with Crippen molar-refractivity contribution in [1.29, 1.82) is 0 Å². The van der Waals surface area contributed by atoms with Crippen LogP contribution in [0.2, 0.25) is 0 Å². The quantitative estimate of drug-likeness (QED) is 0.492. The zero-order valence-corrected chi connectivity index (χ0v) is 17.6. The van der Waals surface area contributed by atoms with Gasteiger partial charge in [-0.15, -0.1) is 0 Å². The van der Waals surface area contributed by atoms with Crippen LogP contribution in [0.1, 0.15) is 24.8 Å². The number of hydrogen-bond donors (Lipinski definition) is 0. The van der Waals surface area contributed by atoms with Gasteiger partial charge in [0.05, 0.1) is 4.90 Å². The summed E-state index contributed by atoms with van der Waals surface area (Å²) in [6.07, 6.45) is 4.35. The molecule has 11 heteroatoms. The number of pyridine rings is 1. The number of carbonyl (C=O) groups is 1. The van der Waals surface area contributed by atoms with Crippen LogP contribution >= 0.6 is 0 Å². The van der Waals surface area contributed by atoms with Crippen molar-refractivity contribution in [3.63, 3.8) is 0 Å². The molecule has 2 aliphatic rings. The summed E-state index contributed by atoms with van der Waals surface area (Å²) < 4.78 is 32.6. The Balaban J connectivity index is 1.52. The second-order valence-electron chi connectivity index (χ2n) is 7.42. The molecule has 1 fully saturated rings. The first-order chi connectivity index (χ1) is 14.9. The third kappa shape index (κ3) is 4.23. The number of anilines is 1. The molecule has 31 heavy (non-hydrogen) atoms. The molecule has 0 radical (unpaired) electrons. The number of benzene rings is 1. The van der Waals surface area contributed by atoms with E-state index >= 15 is 0 Å². The number of aromatic nitrogens is 1. The van der Waals surface area contributed by atoms with Gasteiger partial charge in [0.25, 0.3) is 5.91 Å². The molecule has 0 N–H and O–H groups in total. The summed E-state index contributed by atoms with van der Waals surface area (Å²) in [7, 11) is -3.53. The summed E-state index contributed by atoms with van der Waals surface area (Å²) in [6.45, 7) is 1.13. The van der Waals surface area contributed by atoms with Gasteiger partial charge in [0.1, 0.15) is 6.20 Å². The van der Waals surface area contributed by atoms with E-state index in [1.165, 1.54) is 33.6 Å². The van der Waals surface area contributed by atoms with Crippen molar-refractivity contribution in [2.75, 3.05) is 31.1 Å². The Labute approximate surface area is 179 Å². The molecule has 0 atom stereocenters. The molecule has 1 saturated heterocycles. The van der Waals surface area contributed by atoms with Gasteiger partial charge in [-0.05, 0) is 71.5 Å². The molecule has 0 spiro atoms. The average Bonchev–Trinajstić information content (AvgIpc) is 3.32. The Morgan fingerprint density at radius 2 is 1.94 bits per heavy atom. The summed E-state index contributed by atoms with van der Waals surface area (Å²) in [4.78, 5) is 28.6. The van der Waals surface area contributed by atoms with E-state index in [-0.39, 0.29) is 23.2 Å². The van der Waals surface area contributed by atoms with Crippen LogP contribution in [0, 0.1) is 10.1 Å². The van der Waals surface area contributed by atoms with E-state index in [9.17, 15) is 23.3 Å².